The third-order valence-corrected chi connectivity index (χ3v) is 9.48. The van der Waals surface area contributed by atoms with Crippen molar-refractivity contribution < 1.29 is 61.5 Å². The second-order valence-electron chi connectivity index (χ2n) is 12.1. The summed E-state index contributed by atoms with van der Waals surface area (Å²) >= 11 is 0. The molecule has 0 amide bonds. The second kappa shape index (κ2) is 12.1. The number of aliphatic hydroxyl groups is 2. The zero-order chi connectivity index (χ0) is 32.0. The zero-order valence-electron chi connectivity index (χ0n) is 23.2. The van der Waals surface area contributed by atoms with Crippen molar-refractivity contribution in [3.8, 4) is 5.75 Å². The van der Waals surface area contributed by atoms with Crippen molar-refractivity contribution in [3.05, 3.63) is 29.3 Å². The van der Waals surface area contributed by atoms with Gasteiger partial charge in [0.1, 0.15) is 5.75 Å². The summed E-state index contributed by atoms with van der Waals surface area (Å²) in [5, 5.41) is 48.3. The van der Waals surface area contributed by atoms with Crippen molar-refractivity contribution in [1.82, 2.24) is 9.80 Å². The van der Waals surface area contributed by atoms with Crippen molar-refractivity contribution in [2.45, 2.75) is 92.9 Å². The molecule has 6 rings (SSSR count). The van der Waals surface area contributed by atoms with Crippen LogP contribution in [0.1, 0.15) is 56.1 Å². The van der Waals surface area contributed by atoms with Crippen LogP contribution >= 0.6 is 0 Å². The first kappa shape index (κ1) is 33.3. The minimum atomic E-state index is -5.08. The Bertz CT molecular complexity index is 1160. The fourth-order valence-electron chi connectivity index (χ4n) is 7.35. The molecular weight excluding hydrogens is 590 g/mol. The summed E-state index contributed by atoms with van der Waals surface area (Å²) in [4.78, 5) is 22.8. The predicted molar refractivity (Wildman–Crippen MR) is 138 cm³/mol. The van der Waals surface area contributed by atoms with E-state index in [9.17, 15) is 41.7 Å². The maximum absolute atomic E-state index is 12.5. The average Bonchev–Trinajstić information content (AvgIpc) is 3.54. The smallest absolute Gasteiger partial charge is 0.490 e. The number of carboxylic acids is 2. The molecule has 1 aromatic rings. The molecule has 242 valence electrons. The third kappa shape index (κ3) is 6.89. The molecule has 0 radical (unpaired) electrons. The van der Waals surface area contributed by atoms with Crippen LogP contribution in [0, 0.1) is 5.92 Å². The highest BCUT2D eigenvalue weighted by Gasteiger charge is 2.67. The first-order valence-electron chi connectivity index (χ1n) is 14.2. The van der Waals surface area contributed by atoms with E-state index in [-0.39, 0.29) is 17.8 Å². The summed E-state index contributed by atoms with van der Waals surface area (Å²) < 4.78 is 63.5. The molecular formula is C28H36F6N2O7. The fraction of sp³-hybridized carbons (Fsp3) is 0.714. The van der Waals surface area contributed by atoms with Crippen LogP contribution in [0.15, 0.2) is 18.2 Å². The molecule has 2 saturated heterocycles. The van der Waals surface area contributed by atoms with Gasteiger partial charge in [-0.05, 0) is 100 Å². The first-order valence-corrected chi connectivity index (χ1v) is 14.2. The van der Waals surface area contributed by atoms with Crippen LogP contribution in [-0.4, -0.2) is 110 Å². The van der Waals surface area contributed by atoms with Gasteiger partial charge < -0.3 is 25.5 Å². The van der Waals surface area contributed by atoms with Gasteiger partial charge in [-0.3, -0.25) is 9.80 Å². The maximum atomic E-state index is 12.5. The Kier molecular flexibility index (Phi) is 9.33. The van der Waals surface area contributed by atoms with E-state index >= 15 is 0 Å². The van der Waals surface area contributed by atoms with Crippen molar-refractivity contribution in [2.24, 2.45) is 5.92 Å². The van der Waals surface area contributed by atoms with E-state index in [0.29, 0.717) is 12.8 Å². The van der Waals surface area contributed by atoms with Crippen LogP contribution < -0.4 is 0 Å². The average molecular weight is 627 g/mol. The number of aliphatic carboxylic acids is 2. The molecule has 3 aliphatic carbocycles. The number of phenols is 1. The summed E-state index contributed by atoms with van der Waals surface area (Å²) in [6, 6.07) is 5.89. The van der Waals surface area contributed by atoms with Crippen molar-refractivity contribution in [3.63, 3.8) is 0 Å². The Hall–Kier alpha value is -2.62. The van der Waals surface area contributed by atoms with E-state index in [4.69, 9.17) is 19.8 Å². The monoisotopic (exact) mass is 626 g/mol. The van der Waals surface area contributed by atoms with Crippen molar-refractivity contribution in [2.75, 3.05) is 26.2 Å². The summed E-state index contributed by atoms with van der Waals surface area (Å²) in [7, 11) is 0. The Morgan fingerprint density at radius 1 is 0.930 bits per heavy atom. The Morgan fingerprint density at radius 2 is 1.49 bits per heavy atom. The minimum absolute atomic E-state index is 0.0536. The van der Waals surface area contributed by atoms with Crippen LogP contribution in [0.4, 0.5) is 26.3 Å². The lowest BCUT2D eigenvalue weighted by molar-refractivity contribution is -0.199. The number of aliphatic hydroxyl groups excluding tert-OH is 1. The molecule has 4 fully saturated rings. The maximum Gasteiger partial charge on any atom is 0.490 e. The minimum Gasteiger partial charge on any atom is -0.508 e. The molecule has 0 spiro atoms. The highest BCUT2D eigenvalue weighted by Crippen LogP contribution is 2.59. The van der Waals surface area contributed by atoms with Gasteiger partial charge in [0.2, 0.25) is 0 Å². The van der Waals surface area contributed by atoms with Crippen molar-refractivity contribution >= 4 is 11.9 Å². The highest BCUT2D eigenvalue weighted by molar-refractivity contribution is 5.73. The molecule has 0 aromatic heterocycles. The molecule has 15 heteroatoms. The second-order valence-corrected chi connectivity index (χ2v) is 12.1. The molecule has 5 aliphatic rings. The van der Waals surface area contributed by atoms with Crippen molar-refractivity contribution in [1.29, 1.82) is 0 Å². The molecule has 43 heavy (non-hydrogen) atoms. The fourth-order valence-corrected chi connectivity index (χ4v) is 7.35. The summed E-state index contributed by atoms with van der Waals surface area (Å²) in [6.45, 7) is 4.17. The van der Waals surface area contributed by atoms with E-state index in [1.807, 2.05) is 6.07 Å². The number of carboxylic acid groups (broad SMARTS) is 2. The number of aromatic hydroxyl groups is 1. The molecule has 9 nitrogen and oxygen atoms in total. The molecule has 0 unspecified atom stereocenters. The van der Waals surface area contributed by atoms with Gasteiger partial charge in [0.15, 0.2) is 0 Å². The number of nitrogens with zero attached hydrogens (tertiary/aromatic N) is 2. The Morgan fingerprint density at radius 3 is 2.00 bits per heavy atom. The standard InChI is InChI=1S/C24H34N2O3.2C2HF3O2/c27-18-6-5-17-11-22-24(29)13-20(25-8-1-2-9-25)21(28)14-23(24,19(17)12-18)7-10-26(22)15-16-3-4-16;2*3-2(4,5)1(6)7/h5-6,12,16,20-22,27-29H,1-4,7-11,13-15H2;2*(H,6,7)/t20-,21+,22-,23-,24-;;/m1../s1. The zero-order valence-corrected chi connectivity index (χ0v) is 23.2. The number of hydrogen-bond donors (Lipinski definition) is 5. The van der Waals surface area contributed by atoms with E-state index in [2.05, 4.69) is 15.9 Å². The molecule has 5 N–H and O–H groups in total. The van der Waals surface area contributed by atoms with Gasteiger partial charge in [0.05, 0.1) is 11.7 Å². The number of rotatable bonds is 3. The van der Waals surface area contributed by atoms with Crippen LogP contribution in [0.3, 0.4) is 0 Å². The van der Waals surface area contributed by atoms with Gasteiger partial charge in [-0.1, -0.05) is 6.07 Å². The van der Waals surface area contributed by atoms with E-state index in [0.717, 1.165) is 50.5 Å². The van der Waals surface area contributed by atoms with Crippen LogP contribution in [0.5, 0.6) is 5.75 Å². The molecule has 2 heterocycles. The molecule has 5 atom stereocenters. The Labute approximate surface area is 243 Å². The van der Waals surface area contributed by atoms with Crippen LogP contribution in [-0.2, 0) is 21.4 Å². The van der Waals surface area contributed by atoms with Gasteiger partial charge in [0, 0.05) is 24.0 Å². The van der Waals surface area contributed by atoms with Crippen LogP contribution in [0.25, 0.3) is 0 Å². The normalized spacial score (nSPS) is 32.3. The lowest BCUT2D eigenvalue weighted by atomic mass is 9.48. The summed E-state index contributed by atoms with van der Waals surface area (Å²) in [5.74, 6) is -4.44. The van der Waals surface area contributed by atoms with E-state index in [1.165, 1.54) is 31.2 Å². The van der Waals surface area contributed by atoms with Crippen LogP contribution in [0.2, 0.25) is 0 Å². The largest absolute Gasteiger partial charge is 0.508 e. The number of benzene rings is 1. The lowest BCUT2D eigenvalue weighted by Crippen LogP contribution is -2.76. The summed E-state index contributed by atoms with van der Waals surface area (Å²) in [6.07, 6.45) is -2.57. The lowest BCUT2D eigenvalue weighted by Gasteiger charge is -2.66. The van der Waals surface area contributed by atoms with E-state index < -0.39 is 41.4 Å². The molecule has 2 aliphatic heterocycles. The number of fused-ring (bicyclic) bond motifs is 1. The number of halogens is 6. The molecule has 2 bridgehead atoms. The van der Waals surface area contributed by atoms with Gasteiger partial charge in [-0.15, -0.1) is 0 Å². The number of carbonyl (C=O) groups is 2. The van der Waals surface area contributed by atoms with Gasteiger partial charge in [-0.2, -0.15) is 26.3 Å². The number of hydrogen-bond acceptors (Lipinski definition) is 7. The number of likely N-dealkylation sites (tertiary alicyclic amines) is 2. The van der Waals surface area contributed by atoms with Gasteiger partial charge in [0.25, 0.3) is 0 Å². The molecule has 1 aromatic carbocycles. The SMILES string of the molecule is O=C(O)C(F)(F)F.O=C(O)C(F)(F)F.Oc1ccc2c(c1)[C@]13CCN(CC4CC4)[C@H](C2)[C@]1(O)C[C@@H](N1CCCC1)[C@@H](O)C3. The first-order chi connectivity index (χ1) is 19.9. The topological polar surface area (TPSA) is 142 Å². The summed E-state index contributed by atoms with van der Waals surface area (Å²) in [5.41, 5.74) is 1.07. The number of piperidine rings is 1. The number of phenolic OH excluding ortho intramolecular Hbond substituents is 1. The molecule has 2 saturated carbocycles. The Balaban J connectivity index is 0.000000254. The third-order valence-electron chi connectivity index (χ3n) is 9.48. The predicted octanol–water partition coefficient (Wildman–Crippen LogP) is 3.29. The number of alkyl halides is 6. The van der Waals surface area contributed by atoms with Gasteiger partial charge in [-0.25, -0.2) is 9.59 Å². The van der Waals surface area contributed by atoms with Gasteiger partial charge >= 0.3 is 24.3 Å². The quantitative estimate of drug-likeness (QED) is 0.320. The van der Waals surface area contributed by atoms with E-state index in [1.54, 1.807) is 6.07 Å². The highest BCUT2D eigenvalue weighted by atomic mass is 19.4.